The minimum atomic E-state index is 0.282. The first-order chi connectivity index (χ1) is 14.5. The first kappa shape index (κ1) is 21.8. The summed E-state index contributed by atoms with van der Waals surface area (Å²) < 4.78 is 0. The van der Waals surface area contributed by atoms with Crippen LogP contribution in [0, 0.1) is 13.8 Å². The first-order valence-electron chi connectivity index (χ1n) is 11.9. The Kier molecular flexibility index (Phi) is 6.83. The molecule has 0 unspecified atom stereocenters. The third kappa shape index (κ3) is 4.45. The van der Waals surface area contributed by atoms with Gasteiger partial charge in [0.2, 0.25) is 0 Å². The van der Waals surface area contributed by atoms with Gasteiger partial charge in [0.1, 0.15) is 0 Å². The van der Waals surface area contributed by atoms with Crippen LogP contribution in [0.3, 0.4) is 0 Å². The number of likely N-dealkylation sites (tertiary alicyclic amines) is 1. The van der Waals surface area contributed by atoms with Crippen LogP contribution in [0.2, 0.25) is 0 Å². The number of fused-ring (bicyclic) bond motifs is 1. The van der Waals surface area contributed by atoms with E-state index in [9.17, 15) is 5.11 Å². The van der Waals surface area contributed by atoms with E-state index >= 15 is 0 Å². The number of para-hydroxylation sites is 1. The number of benzene rings is 1. The van der Waals surface area contributed by atoms with Gasteiger partial charge in [-0.15, -0.1) is 0 Å². The highest BCUT2D eigenvalue weighted by Crippen LogP contribution is 2.28. The van der Waals surface area contributed by atoms with Gasteiger partial charge in [0.25, 0.3) is 0 Å². The van der Waals surface area contributed by atoms with E-state index in [1.165, 1.54) is 53.7 Å². The molecule has 0 saturated carbocycles. The number of piperidine rings is 1. The third-order valence-electron chi connectivity index (χ3n) is 7.56. The second-order valence-corrected chi connectivity index (χ2v) is 9.73. The predicted molar refractivity (Wildman–Crippen MR) is 125 cm³/mol. The number of H-pyrrole nitrogens is 1. The molecular formula is C25H40N4O. The Labute approximate surface area is 182 Å². The third-order valence-corrected chi connectivity index (χ3v) is 7.56. The summed E-state index contributed by atoms with van der Waals surface area (Å²) in [7, 11) is 0. The summed E-state index contributed by atoms with van der Waals surface area (Å²) in [4.78, 5) is 11.6. The van der Waals surface area contributed by atoms with Crippen molar-refractivity contribution in [2.45, 2.75) is 71.6 Å². The Morgan fingerprint density at radius 3 is 2.53 bits per heavy atom. The molecule has 2 aromatic rings. The summed E-state index contributed by atoms with van der Waals surface area (Å²) in [5.74, 6) is 0. The van der Waals surface area contributed by atoms with Gasteiger partial charge in [-0.25, -0.2) is 0 Å². The molecule has 1 aromatic heterocycles. The molecule has 5 heteroatoms. The maximum atomic E-state index is 9.74. The van der Waals surface area contributed by atoms with Gasteiger partial charge in [0.15, 0.2) is 0 Å². The van der Waals surface area contributed by atoms with Gasteiger partial charge in [0, 0.05) is 67.5 Å². The Morgan fingerprint density at radius 2 is 1.87 bits per heavy atom. The summed E-state index contributed by atoms with van der Waals surface area (Å²) in [5.41, 5.74) is 5.33. The van der Waals surface area contributed by atoms with Gasteiger partial charge in [-0.1, -0.05) is 18.2 Å². The van der Waals surface area contributed by atoms with Gasteiger partial charge >= 0.3 is 0 Å². The van der Waals surface area contributed by atoms with Crippen LogP contribution in [0.25, 0.3) is 10.9 Å². The van der Waals surface area contributed by atoms with E-state index in [1.54, 1.807) is 0 Å². The highest BCUT2D eigenvalue weighted by molar-refractivity contribution is 5.86. The van der Waals surface area contributed by atoms with E-state index in [0.29, 0.717) is 18.1 Å². The summed E-state index contributed by atoms with van der Waals surface area (Å²) in [6.07, 6.45) is 3.41. The average Bonchev–Trinajstić information content (AvgIpc) is 3.06. The normalized spacial score (nSPS) is 23.1. The molecule has 2 fully saturated rings. The maximum absolute atomic E-state index is 9.74. The SMILES string of the molecule is Cc1c(CN2CCN(C3CCN(C(C)C)CC3)[C@H](CCO)C2)[nH]c2c(C)cccc12. The molecule has 2 saturated heterocycles. The Morgan fingerprint density at radius 1 is 1.10 bits per heavy atom. The van der Waals surface area contributed by atoms with E-state index in [0.717, 1.165) is 32.6 Å². The van der Waals surface area contributed by atoms with Gasteiger partial charge < -0.3 is 15.0 Å². The smallest absolute Gasteiger partial charge is 0.0488 e. The molecule has 1 atom stereocenters. The Hall–Kier alpha value is -1.40. The number of aliphatic hydroxyl groups is 1. The lowest BCUT2D eigenvalue weighted by Crippen LogP contribution is -2.58. The molecule has 3 heterocycles. The zero-order valence-corrected chi connectivity index (χ0v) is 19.3. The van der Waals surface area contributed by atoms with Crippen molar-refractivity contribution in [2.24, 2.45) is 0 Å². The monoisotopic (exact) mass is 412 g/mol. The maximum Gasteiger partial charge on any atom is 0.0488 e. The van der Waals surface area contributed by atoms with Crippen molar-refractivity contribution in [3.63, 3.8) is 0 Å². The molecule has 2 aliphatic rings. The van der Waals surface area contributed by atoms with Crippen molar-refractivity contribution in [1.82, 2.24) is 19.7 Å². The lowest BCUT2D eigenvalue weighted by molar-refractivity contribution is -0.000332. The van der Waals surface area contributed by atoms with Crippen molar-refractivity contribution in [1.29, 1.82) is 0 Å². The fourth-order valence-corrected chi connectivity index (χ4v) is 5.63. The molecule has 0 bridgehead atoms. The number of nitrogens with zero attached hydrogens (tertiary/aromatic N) is 3. The molecule has 0 spiro atoms. The van der Waals surface area contributed by atoms with Crippen molar-refractivity contribution in [2.75, 3.05) is 39.3 Å². The lowest BCUT2D eigenvalue weighted by Gasteiger charge is -2.48. The Bertz CT molecular complexity index is 837. The molecule has 2 N–H and O–H groups in total. The number of hydrogen-bond donors (Lipinski definition) is 2. The lowest BCUT2D eigenvalue weighted by atomic mass is 9.97. The number of nitrogens with one attached hydrogen (secondary N) is 1. The second kappa shape index (κ2) is 9.39. The van der Waals surface area contributed by atoms with Crippen LogP contribution in [-0.4, -0.2) is 82.2 Å². The molecule has 0 aliphatic carbocycles. The van der Waals surface area contributed by atoms with E-state index in [2.05, 4.69) is 65.6 Å². The van der Waals surface area contributed by atoms with Crippen molar-refractivity contribution in [3.8, 4) is 0 Å². The number of aromatic amines is 1. The second-order valence-electron chi connectivity index (χ2n) is 9.73. The summed E-state index contributed by atoms with van der Waals surface area (Å²) in [6.45, 7) is 16.0. The van der Waals surface area contributed by atoms with Gasteiger partial charge in [-0.2, -0.15) is 0 Å². The molecular weight excluding hydrogens is 372 g/mol. The number of piperazine rings is 1. The standard InChI is InChI=1S/C25H40N4O/c1-18(2)28-11-8-21(9-12-28)29-14-13-27(16-22(29)10-15-30)17-24-20(4)23-7-5-6-19(3)25(23)26-24/h5-7,18,21-22,26,30H,8-17H2,1-4H3/t22-/m1/s1. The summed E-state index contributed by atoms with van der Waals surface area (Å²) >= 11 is 0. The number of hydrogen-bond acceptors (Lipinski definition) is 4. The number of rotatable bonds is 6. The van der Waals surface area contributed by atoms with Crippen molar-refractivity contribution < 1.29 is 5.11 Å². The largest absolute Gasteiger partial charge is 0.396 e. The first-order valence-corrected chi connectivity index (χ1v) is 11.9. The molecule has 30 heavy (non-hydrogen) atoms. The van der Waals surface area contributed by atoms with E-state index in [-0.39, 0.29) is 6.61 Å². The highest BCUT2D eigenvalue weighted by Gasteiger charge is 2.34. The Balaban J connectivity index is 1.42. The fourth-order valence-electron chi connectivity index (χ4n) is 5.63. The molecule has 0 amide bonds. The molecule has 166 valence electrons. The van der Waals surface area contributed by atoms with E-state index < -0.39 is 0 Å². The molecule has 4 rings (SSSR count). The predicted octanol–water partition coefficient (Wildman–Crippen LogP) is 3.53. The highest BCUT2D eigenvalue weighted by atomic mass is 16.3. The van der Waals surface area contributed by atoms with Crippen LogP contribution < -0.4 is 0 Å². The minimum Gasteiger partial charge on any atom is -0.396 e. The van der Waals surface area contributed by atoms with Crippen LogP contribution in [0.15, 0.2) is 18.2 Å². The van der Waals surface area contributed by atoms with E-state index in [4.69, 9.17) is 0 Å². The number of aromatic nitrogens is 1. The molecule has 0 radical (unpaired) electrons. The molecule has 2 aliphatic heterocycles. The van der Waals surface area contributed by atoms with Crippen LogP contribution in [0.4, 0.5) is 0 Å². The summed E-state index contributed by atoms with van der Waals surface area (Å²) in [6, 6.07) is 8.36. The summed E-state index contributed by atoms with van der Waals surface area (Å²) in [5, 5.41) is 11.1. The van der Waals surface area contributed by atoms with Gasteiger partial charge in [-0.3, -0.25) is 9.80 Å². The van der Waals surface area contributed by atoms with Crippen LogP contribution in [0.1, 0.15) is 49.9 Å². The zero-order valence-electron chi connectivity index (χ0n) is 19.3. The van der Waals surface area contributed by atoms with Crippen LogP contribution >= 0.6 is 0 Å². The van der Waals surface area contributed by atoms with Crippen LogP contribution in [-0.2, 0) is 6.54 Å². The van der Waals surface area contributed by atoms with Crippen molar-refractivity contribution in [3.05, 3.63) is 35.0 Å². The minimum absolute atomic E-state index is 0.282. The van der Waals surface area contributed by atoms with Crippen molar-refractivity contribution >= 4 is 10.9 Å². The zero-order chi connectivity index (χ0) is 21.3. The van der Waals surface area contributed by atoms with Gasteiger partial charge in [0.05, 0.1) is 0 Å². The molecule has 1 aromatic carbocycles. The van der Waals surface area contributed by atoms with Gasteiger partial charge in [-0.05, 0) is 71.2 Å². The average molecular weight is 413 g/mol. The number of aliphatic hydroxyl groups excluding tert-OH is 1. The quantitative estimate of drug-likeness (QED) is 0.762. The number of aryl methyl sites for hydroxylation is 2. The fraction of sp³-hybridized carbons (Fsp3) is 0.680. The van der Waals surface area contributed by atoms with E-state index in [1.807, 2.05) is 0 Å². The topological polar surface area (TPSA) is 45.7 Å². The molecule has 5 nitrogen and oxygen atoms in total. The van der Waals surface area contributed by atoms with Crippen LogP contribution in [0.5, 0.6) is 0 Å².